The molecular formula is C12H13Cl2NO4S. The largest absolute Gasteiger partial charge is 0.481 e. The fourth-order valence-electron chi connectivity index (χ4n) is 2.00. The summed E-state index contributed by atoms with van der Waals surface area (Å²) in [4.78, 5) is 10.8. The number of carboxylic acids is 1. The highest BCUT2D eigenvalue weighted by atomic mass is 35.5. The molecule has 1 fully saturated rings. The first kappa shape index (κ1) is 15.6. The zero-order valence-corrected chi connectivity index (χ0v) is 12.9. The molecule has 0 aliphatic carbocycles. The maximum absolute atomic E-state index is 12.4. The third kappa shape index (κ3) is 2.79. The minimum Gasteiger partial charge on any atom is -0.481 e. The van der Waals surface area contributed by atoms with E-state index in [4.69, 9.17) is 28.3 Å². The summed E-state index contributed by atoms with van der Waals surface area (Å²) in [6, 6.07) is 4.23. The highest BCUT2D eigenvalue weighted by Gasteiger charge is 2.41. The molecule has 0 saturated carbocycles. The SMILES string of the molecule is CC(C(=O)O)C1CN(S(=O)(=O)c2cc(Cl)ccc2Cl)C1. The summed E-state index contributed by atoms with van der Waals surface area (Å²) < 4.78 is 25.9. The molecule has 1 heterocycles. The van der Waals surface area contributed by atoms with Gasteiger partial charge >= 0.3 is 5.97 Å². The molecule has 1 aliphatic heterocycles. The van der Waals surface area contributed by atoms with E-state index in [1.165, 1.54) is 22.5 Å². The van der Waals surface area contributed by atoms with E-state index in [9.17, 15) is 13.2 Å². The van der Waals surface area contributed by atoms with Crippen molar-refractivity contribution >= 4 is 39.2 Å². The Balaban J connectivity index is 2.18. The van der Waals surface area contributed by atoms with Gasteiger partial charge in [0.1, 0.15) is 4.90 Å². The van der Waals surface area contributed by atoms with Gasteiger partial charge in [0.15, 0.2) is 0 Å². The lowest BCUT2D eigenvalue weighted by Crippen LogP contribution is -2.53. The zero-order chi connectivity index (χ0) is 15.1. The number of hydrogen-bond donors (Lipinski definition) is 1. The first-order valence-corrected chi connectivity index (χ1v) is 8.11. The van der Waals surface area contributed by atoms with Crippen LogP contribution in [0.25, 0.3) is 0 Å². The lowest BCUT2D eigenvalue weighted by molar-refractivity contribution is -0.144. The number of aliphatic carboxylic acids is 1. The van der Waals surface area contributed by atoms with Gasteiger partial charge in [-0.3, -0.25) is 4.79 Å². The number of sulfonamides is 1. The molecule has 0 aromatic heterocycles. The molecule has 1 aromatic rings. The summed E-state index contributed by atoms with van der Waals surface area (Å²) in [6.45, 7) is 1.93. The average Bonchev–Trinajstić information content (AvgIpc) is 2.29. The summed E-state index contributed by atoms with van der Waals surface area (Å²) in [5, 5.41) is 9.28. The second-order valence-electron chi connectivity index (χ2n) is 4.78. The number of rotatable bonds is 4. The Morgan fingerprint density at radius 3 is 2.55 bits per heavy atom. The van der Waals surface area contributed by atoms with Gasteiger partial charge in [0.25, 0.3) is 0 Å². The number of carbonyl (C=O) groups is 1. The standard InChI is InChI=1S/C12H13Cl2NO4S/c1-7(12(16)17)8-5-15(6-8)20(18,19)11-4-9(13)2-3-10(11)14/h2-4,7-8H,5-6H2,1H3,(H,16,17). The second kappa shape index (κ2) is 5.52. The molecule has 1 N–H and O–H groups in total. The van der Waals surface area contributed by atoms with E-state index in [1.807, 2.05) is 0 Å². The van der Waals surface area contributed by atoms with Gasteiger partial charge < -0.3 is 5.11 Å². The molecule has 1 saturated heterocycles. The van der Waals surface area contributed by atoms with Crippen LogP contribution in [-0.2, 0) is 14.8 Å². The first-order valence-electron chi connectivity index (χ1n) is 5.91. The normalized spacial score (nSPS) is 18.6. The highest BCUT2D eigenvalue weighted by molar-refractivity contribution is 7.89. The number of nitrogens with zero attached hydrogens (tertiary/aromatic N) is 1. The van der Waals surface area contributed by atoms with Crippen molar-refractivity contribution in [1.82, 2.24) is 4.31 Å². The molecule has 0 spiro atoms. The van der Waals surface area contributed by atoms with Crippen molar-refractivity contribution in [3.05, 3.63) is 28.2 Å². The van der Waals surface area contributed by atoms with Gasteiger partial charge in [-0.2, -0.15) is 4.31 Å². The smallest absolute Gasteiger partial charge is 0.306 e. The van der Waals surface area contributed by atoms with Gasteiger partial charge in [-0.05, 0) is 24.1 Å². The van der Waals surface area contributed by atoms with Crippen LogP contribution in [0.2, 0.25) is 10.0 Å². The van der Waals surface area contributed by atoms with Gasteiger partial charge in [0.05, 0.1) is 10.9 Å². The van der Waals surface area contributed by atoms with Crippen molar-refractivity contribution in [2.45, 2.75) is 11.8 Å². The number of hydrogen-bond acceptors (Lipinski definition) is 3. The molecule has 0 radical (unpaired) electrons. The van der Waals surface area contributed by atoms with Gasteiger partial charge in [-0.25, -0.2) is 8.42 Å². The summed E-state index contributed by atoms with van der Waals surface area (Å²) in [5.74, 6) is -1.68. The monoisotopic (exact) mass is 337 g/mol. The van der Waals surface area contributed by atoms with Crippen LogP contribution in [0, 0.1) is 11.8 Å². The molecule has 5 nitrogen and oxygen atoms in total. The van der Waals surface area contributed by atoms with E-state index in [-0.39, 0.29) is 33.9 Å². The Morgan fingerprint density at radius 2 is 2.00 bits per heavy atom. The van der Waals surface area contributed by atoms with E-state index >= 15 is 0 Å². The number of benzene rings is 1. The topological polar surface area (TPSA) is 74.7 Å². The van der Waals surface area contributed by atoms with Crippen LogP contribution >= 0.6 is 23.2 Å². The van der Waals surface area contributed by atoms with E-state index in [0.717, 1.165) is 0 Å². The van der Waals surface area contributed by atoms with Crippen LogP contribution in [0.1, 0.15) is 6.92 Å². The molecule has 8 heteroatoms. The Bertz CT molecular complexity index is 641. The van der Waals surface area contributed by atoms with Crippen LogP contribution in [0.3, 0.4) is 0 Å². The van der Waals surface area contributed by atoms with Crippen molar-refractivity contribution in [1.29, 1.82) is 0 Å². The van der Waals surface area contributed by atoms with Crippen LogP contribution in [-0.4, -0.2) is 36.9 Å². The van der Waals surface area contributed by atoms with E-state index in [0.29, 0.717) is 0 Å². The maximum atomic E-state index is 12.4. The molecule has 0 bridgehead atoms. The van der Waals surface area contributed by atoms with Crippen LogP contribution in [0.4, 0.5) is 0 Å². The maximum Gasteiger partial charge on any atom is 0.306 e. The predicted octanol–water partition coefficient (Wildman–Crippen LogP) is 2.33. The van der Waals surface area contributed by atoms with Crippen molar-refractivity contribution in [2.24, 2.45) is 11.8 Å². The van der Waals surface area contributed by atoms with E-state index < -0.39 is 21.9 Å². The van der Waals surface area contributed by atoms with Crippen molar-refractivity contribution in [2.75, 3.05) is 13.1 Å². The highest BCUT2D eigenvalue weighted by Crippen LogP contribution is 2.33. The number of carboxylic acid groups (broad SMARTS) is 1. The summed E-state index contributed by atoms with van der Waals surface area (Å²) >= 11 is 11.7. The molecule has 1 aliphatic rings. The molecule has 1 unspecified atom stereocenters. The predicted molar refractivity (Wildman–Crippen MR) is 75.5 cm³/mol. The summed E-state index contributed by atoms with van der Waals surface area (Å²) in [5.41, 5.74) is 0. The van der Waals surface area contributed by atoms with Crippen molar-refractivity contribution in [3.63, 3.8) is 0 Å². The van der Waals surface area contributed by atoms with Gasteiger partial charge in [0.2, 0.25) is 10.0 Å². The summed E-state index contributed by atoms with van der Waals surface area (Å²) in [7, 11) is -3.72. The van der Waals surface area contributed by atoms with Crippen LogP contribution < -0.4 is 0 Å². The second-order valence-corrected chi connectivity index (χ2v) is 7.53. The lowest BCUT2D eigenvalue weighted by atomic mass is 9.89. The molecule has 1 aromatic carbocycles. The third-order valence-corrected chi connectivity index (χ3v) is 6.03. The Hall–Kier alpha value is -0.820. The molecule has 0 amide bonds. The molecule has 20 heavy (non-hydrogen) atoms. The van der Waals surface area contributed by atoms with Gasteiger partial charge in [0, 0.05) is 18.1 Å². The number of halogens is 2. The fraction of sp³-hybridized carbons (Fsp3) is 0.417. The van der Waals surface area contributed by atoms with E-state index in [1.54, 1.807) is 6.92 Å². The van der Waals surface area contributed by atoms with Gasteiger partial charge in [-0.1, -0.05) is 30.1 Å². The average molecular weight is 338 g/mol. The zero-order valence-electron chi connectivity index (χ0n) is 10.6. The van der Waals surface area contributed by atoms with Gasteiger partial charge in [-0.15, -0.1) is 0 Å². The minimum absolute atomic E-state index is 0.0481. The van der Waals surface area contributed by atoms with Crippen molar-refractivity contribution < 1.29 is 18.3 Å². The van der Waals surface area contributed by atoms with Crippen LogP contribution in [0.5, 0.6) is 0 Å². The summed E-state index contributed by atoms with van der Waals surface area (Å²) in [6.07, 6.45) is 0. The first-order chi connectivity index (χ1) is 9.23. The van der Waals surface area contributed by atoms with E-state index in [2.05, 4.69) is 0 Å². The third-order valence-electron chi connectivity index (χ3n) is 3.48. The van der Waals surface area contributed by atoms with Crippen molar-refractivity contribution in [3.8, 4) is 0 Å². The Kier molecular flexibility index (Phi) is 4.30. The molecular weight excluding hydrogens is 325 g/mol. The Morgan fingerprint density at radius 1 is 1.40 bits per heavy atom. The minimum atomic E-state index is -3.72. The molecule has 1 atom stereocenters. The fourth-order valence-corrected chi connectivity index (χ4v) is 4.29. The molecule has 2 rings (SSSR count). The Labute approximate surface area is 127 Å². The molecule has 110 valence electrons. The lowest BCUT2D eigenvalue weighted by Gasteiger charge is -2.40. The quantitative estimate of drug-likeness (QED) is 0.914. The van der Waals surface area contributed by atoms with Crippen LogP contribution in [0.15, 0.2) is 23.1 Å².